The standard InChI is InChI=1S/C16H18N2O3/c1-3-13-8-9-14(21-13)16(20)18-12-7-5-6-11(10-12)15(19)17-4-2/h5-10H,3-4H2,1-2H3,(H,17,19)(H,18,20). The third kappa shape index (κ3) is 3.72. The average Bonchev–Trinajstić information content (AvgIpc) is 2.97. The molecule has 1 aromatic heterocycles. The summed E-state index contributed by atoms with van der Waals surface area (Å²) in [5.41, 5.74) is 1.06. The van der Waals surface area contributed by atoms with Crippen LogP contribution in [-0.4, -0.2) is 18.4 Å². The summed E-state index contributed by atoms with van der Waals surface area (Å²) >= 11 is 0. The zero-order valence-corrected chi connectivity index (χ0v) is 12.1. The van der Waals surface area contributed by atoms with Gasteiger partial charge in [-0.2, -0.15) is 0 Å². The predicted molar refractivity (Wildman–Crippen MR) is 80.5 cm³/mol. The summed E-state index contributed by atoms with van der Waals surface area (Å²) in [7, 11) is 0. The van der Waals surface area contributed by atoms with Crippen LogP contribution in [0.2, 0.25) is 0 Å². The number of furan rings is 1. The normalized spacial score (nSPS) is 10.2. The molecule has 0 saturated carbocycles. The smallest absolute Gasteiger partial charge is 0.291 e. The van der Waals surface area contributed by atoms with E-state index in [1.807, 2.05) is 13.8 Å². The molecule has 5 heteroatoms. The number of benzene rings is 1. The van der Waals surface area contributed by atoms with E-state index in [4.69, 9.17) is 4.42 Å². The Morgan fingerprint density at radius 3 is 2.57 bits per heavy atom. The lowest BCUT2D eigenvalue weighted by molar-refractivity contribution is 0.0953. The van der Waals surface area contributed by atoms with Gasteiger partial charge < -0.3 is 15.1 Å². The Morgan fingerprint density at radius 2 is 1.90 bits per heavy atom. The molecule has 0 fully saturated rings. The summed E-state index contributed by atoms with van der Waals surface area (Å²) < 4.78 is 5.39. The average molecular weight is 286 g/mol. The Kier molecular flexibility index (Phi) is 4.77. The van der Waals surface area contributed by atoms with Gasteiger partial charge in [-0.1, -0.05) is 13.0 Å². The number of hydrogen-bond donors (Lipinski definition) is 2. The van der Waals surface area contributed by atoms with Crippen LogP contribution < -0.4 is 10.6 Å². The number of amides is 2. The molecule has 2 N–H and O–H groups in total. The van der Waals surface area contributed by atoms with Gasteiger partial charge in [-0.15, -0.1) is 0 Å². The molecule has 0 saturated heterocycles. The van der Waals surface area contributed by atoms with Crippen molar-refractivity contribution in [1.82, 2.24) is 5.32 Å². The van der Waals surface area contributed by atoms with Crippen molar-refractivity contribution < 1.29 is 14.0 Å². The van der Waals surface area contributed by atoms with Crippen LogP contribution >= 0.6 is 0 Å². The third-order valence-corrected chi connectivity index (χ3v) is 2.95. The fraction of sp³-hybridized carbons (Fsp3) is 0.250. The minimum Gasteiger partial charge on any atom is -0.456 e. The number of carbonyl (C=O) groups is 2. The number of nitrogens with one attached hydrogen (secondary N) is 2. The van der Waals surface area contributed by atoms with E-state index < -0.39 is 0 Å². The Hall–Kier alpha value is -2.56. The molecule has 0 atom stereocenters. The molecule has 0 radical (unpaired) electrons. The highest BCUT2D eigenvalue weighted by molar-refractivity contribution is 6.03. The lowest BCUT2D eigenvalue weighted by atomic mass is 10.2. The number of hydrogen-bond acceptors (Lipinski definition) is 3. The summed E-state index contributed by atoms with van der Waals surface area (Å²) in [5.74, 6) is 0.522. The first kappa shape index (κ1) is 14.8. The van der Waals surface area contributed by atoms with Gasteiger partial charge in [-0.3, -0.25) is 9.59 Å². The quantitative estimate of drug-likeness (QED) is 0.887. The summed E-state index contributed by atoms with van der Waals surface area (Å²) in [6.07, 6.45) is 0.736. The first-order chi connectivity index (χ1) is 10.1. The molecule has 1 aromatic carbocycles. The van der Waals surface area contributed by atoms with Gasteiger partial charge in [0.1, 0.15) is 5.76 Å². The molecular weight excluding hydrogens is 268 g/mol. The van der Waals surface area contributed by atoms with Crippen molar-refractivity contribution in [2.75, 3.05) is 11.9 Å². The number of anilines is 1. The monoisotopic (exact) mass is 286 g/mol. The van der Waals surface area contributed by atoms with Crippen molar-refractivity contribution in [2.45, 2.75) is 20.3 Å². The number of rotatable bonds is 5. The first-order valence-electron chi connectivity index (χ1n) is 6.92. The maximum Gasteiger partial charge on any atom is 0.291 e. The second-order valence-electron chi connectivity index (χ2n) is 4.51. The van der Waals surface area contributed by atoms with Gasteiger partial charge in [0.15, 0.2) is 5.76 Å². The van der Waals surface area contributed by atoms with Crippen molar-refractivity contribution in [3.63, 3.8) is 0 Å². The maximum atomic E-state index is 12.0. The van der Waals surface area contributed by atoms with Crippen LogP contribution in [0.15, 0.2) is 40.8 Å². The van der Waals surface area contributed by atoms with Crippen LogP contribution in [0.5, 0.6) is 0 Å². The molecule has 2 aromatic rings. The SMILES string of the molecule is CCNC(=O)c1cccc(NC(=O)c2ccc(CC)o2)c1. The zero-order valence-electron chi connectivity index (χ0n) is 12.1. The highest BCUT2D eigenvalue weighted by atomic mass is 16.3. The lowest BCUT2D eigenvalue weighted by Gasteiger charge is -2.06. The van der Waals surface area contributed by atoms with Gasteiger partial charge in [0.25, 0.3) is 11.8 Å². The van der Waals surface area contributed by atoms with Gasteiger partial charge in [0.2, 0.25) is 0 Å². The summed E-state index contributed by atoms with van der Waals surface area (Å²) in [6.45, 7) is 4.36. The molecule has 2 amide bonds. The highest BCUT2D eigenvalue weighted by Gasteiger charge is 2.12. The van der Waals surface area contributed by atoms with Crippen molar-refractivity contribution in [3.05, 3.63) is 53.5 Å². The lowest BCUT2D eigenvalue weighted by Crippen LogP contribution is -2.22. The Labute approximate surface area is 123 Å². The van der Waals surface area contributed by atoms with Crippen LogP contribution in [0.1, 0.15) is 40.5 Å². The summed E-state index contributed by atoms with van der Waals surface area (Å²) in [6, 6.07) is 10.2. The van der Waals surface area contributed by atoms with E-state index in [0.717, 1.165) is 12.2 Å². The first-order valence-corrected chi connectivity index (χ1v) is 6.92. The van der Waals surface area contributed by atoms with E-state index in [1.54, 1.807) is 36.4 Å². The Balaban J connectivity index is 2.10. The van der Waals surface area contributed by atoms with E-state index >= 15 is 0 Å². The van der Waals surface area contributed by atoms with Crippen LogP contribution in [0, 0.1) is 0 Å². The maximum absolute atomic E-state index is 12.0. The van der Waals surface area contributed by atoms with Gasteiger partial charge >= 0.3 is 0 Å². The second kappa shape index (κ2) is 6.74. The molecule has 0 bridgehead atoms. The Morgan fingerprint density at radius 1 is 1.10 bits per heavy atom. The van der Waals surface area contributed by atoms with E-state index in [9.17, 15) is 9.59 Å². The molecule has 21 heavy (non-hydrogen) atoms. The fourth-order valence-corrected chi connectivity index (χ4v) is 1.88. The molecule has 0 spiro atoms. The van der Waals surface area contributed by atoms with Gasteiger partial charge in [-0.25, -0.2) is 0 Å². The molecule has 0 aliphatic carbocycles. The third-order valence-electron chi connectivity index (χ3n) is 2.95. The highest BCUT2D eigenvalue weighted by Crippen LogP contribution is 2.14. The van der Waals surface area contributed by atoms with Crippen molar-refractivity contribution >= 4 is 17.5 Å². The van der Waals surface area contributed by atoms with Gasteiger partial charge in [0, 0.05) is 24.2 Å². The minimum atomic E-state index is -0.331. The number of carbonyl (C=O) groups excluding carboxylic acids is 2. The molecule has 110 valence electrons. The predicted octanol–water partition coefficient (Wildman–Crippen LogP) is 2.84. The molecule has 0 unspecified atom stereocenters. The largest absolute Gasteiger partial charge is 0.456 e. The van der Waals surface area contributed by atoms with E-state index in [0.29, 0.717) is 17.8 Å². The van der Waals surface area contributed by atoms with Gasteiger partial charge in [0.05, 0.1) is 0 Å². The van der Waals surface area contributed by atoms with E-state index in [2.05, 4.69) is 10.6 Å². The van der Waals surface area contributed by atoms with E-state index in [1.165, 1.54) is 0 Å². The van der Waals surface area contributed by atoms with Crippen molar-refractivity contribution in [2.24, 2.45) is 0 Å². The van der Waals surface area contributed by atoms with Gasteiger partial charge in [-0.05, 0) is 37.3 Å². The van der Waals surface area contributed by atoms with Crippen LogP contribution in [0.4, 0.5) is 5.69 Å². The molecule has 5 nitrogen and oxygen atoms in total. The zero-order chi connectivity index (χ0) is 15.2. The topological polar surface area (TPSA) is 71.3 Å². The molecule has 1 heterocycles. The van der Waals surface area contributed by atoms with Crippen LogP contribution in [-0.2, 0) is 6.42 Å². The van der Waals surface area contributed by atoms with Crippen LogP contribution in [0.3, 0.4) is 0 Å². The van der Waals surface area contributed by atoms with Crippen molar-refractivity contribution in [1.29, 1.82) is 0 Å². The molecule has 0 aliphatic rings. The molecule has 0 aliphatic heterocycles. The van der Waals surface area contributed by atoms with Crippen LogP contribution in [0.25, 0.3) is 0 Å². The fourth-order valence-electron chi connectivity index (χ4n) is 1.88. The summed E-state index contributed by atoms with van der Waals surface area (Å²) in [4.78, 5) is 23.8. The number of aryl methyl sites for hydroxylation is 1. The molecular formula is C16H18N2O3. The molecule has 2 rings (SSSR count). The van der Waals surface area contributed by atoms with E-state index in [-0.39, 0.29) is 17.6 Å². The van der Waals surface area contributed by atoms with Crippen molar-refractivity contribution in [3.8, 4) is 0 Å². The Bertz CT molecular complexity index is 646. The summed E-state index contributed by atoms with van der Waals surface area (Å²) in [5, 5.41) is 5.44. The minimum absolute atomic E-state index is 0.167. The second-order valence-corrected chi connectivity index (χ2v) is 4.51.